The molecule has 94 valence electrons. The molecule has 1 heterocycles. The monoisotopic (exact) mass is 242 g/mol. The Morgan fingerprint density at radius 3 is 2.89 bits per heavy atom. The number of aromatic nitrogens is 1. The molecule has 2 aromatic rings. The van der Waals surface area contributed by atoms with Crippen molar-refractivity contribution in [1.82, 2.24) is 10.3 Å². The first-order valence-corrected chi connectivity index (χ1v) is 6.45. The van der Waals surface area contributed by atoms with Crippen LogP contribution in [-0.2, 0) is 0 Å². The molecule has 0 bridgehead atoms. The maximum absolute atomic E-state index is 12.0. The van der Waals surface area contributed by atoms with E-state index >= 15 is 0 Å². The summed E-state index contributed by atoms with van der Waals surface area (Å²) in [6.07, 6.45) is 5.00. The zero-order valence-corrected chi connectivity index (χ0v) is 10.6. The average Bonchev–Trinajstić information content (AvgIpc) is 2.43. The molecule has 3 heteroatoms. The zero-order chi connectivity index (χ0) is 12.8. The number of nitrogens with one attached hydrogen (secondary N) is 1. The van der Waals surface area contributed by atoms with Gasteiger partial charge in [-0.15, -0.1) is 0 Å². The second kappa shape index (κ2) is 6.15. The van der Waals surface area contributed by atoms with Crippen molar-refractivity contribution in [1.29, 1.82) is 0 Å². The molecule has 2 rings (SSSR count). The van der Waals surface area contributed by atoms with Gasteiger partial charge in [0.05, 0.1) is 0 Å². The average molecular weight is 242 g/mol. The highest BCUT2D eigenvalue weighted by Crippen LogP contribution is 2.15. The topological polar surface area (TPSA) is 42.0 Å². The van der Waals surface area contributed by atoms with Gasteiger partial charge < -0.3 is 5.32 Å². The van der Waals surface area contributed by atoms with E-state index in [4.69, 9.17) is 0 Å². The normalized spacial score (nSPS) is 10.5. The summed E-state index contributed by atoms with van der Waals surface area (Å²) in [7, 11) is 0. The first-order valence-electron chi connectivity index (χ1n) is 6.45. The highest BCUT2D eigenvalue weighted by Gasteiger charge is 2.10. The lowest BCUT2D eigenvalue weighted by Gasteiger charge is -2.06. The molecule has 0 aliphatic carbocycles. The summed E-state index contributed by atoms with van der Waals surface area (Å²) < 4.78 is 0. The first-order chi connectivity index (χ1) is 8.83. The summed E-state index contributed by atoms with van der Waals surface area (Å²) >= 11 is 0. The third-order valence-corrected chi connectivity index (χ3v) is 2.95. The van der Waals surface area contributed by atoms with Gasteiger partial charge in [-0.2, -0.15) is 0 Å². The lowest BCUT2D eigenvalue weighted by Crippen LogP contribution is -2.25. The summed E-state index contributed by atoms with van der Waals surface area (Å²) in [5.74, 6) is -0.0806. The van der Waals surface area contributed by atoms with Crippen LogP contribution in [0.3, 0.4) is 0 Å². The fourth-order valence-electron chi connectivity index (χ4n) is 1.96. The van der Waals surface area contributed by atoms with Gasteiger partial charge in [-0.05, 0) is 17.9 Å². The second-order valence-corrected chi connectivity index (χ2v) is 4.34. The molecule has 0 saturated heterocycles. The molecule has 1 aromatic heterocycles. The molecule has 0 atom stereocenters. The molecule has 0 spiro atoms. The number of hydrogen-bond acceptors (Lipinski definition) is 2. The van der Waals surface area contributed by atoms with Crippen LogP contribution in [0.25, 0.3) is 10.8 Å². The van der Waals surface area contributed by atoms with E-state index in [0.717, 1.165) is 36.6 Å². The van der Waals surface area contributed by atoms with Crippen molar-refractivity contribution >= 4 is 16.7 Å². The Morgan fingerprint density at radius 1 is 1.22 bits per heavy atom. The number of fused-ring (bicyclic) bond motifs is 1. The SMILES string of the molecule is CCCCCNC(=O)c1nccc2ccccc12. The zero-order valence-electron chi connectivity index (χ0n) is 10.6. The number of rotatable bonds is 5. The Morgan fingerprint density at radius 2 is 2.06 bits per heavy atom. The van der Waals surface area contributed by atoms with E-state index in [9.17, 15) is 4.79 Å². The number of carbonyl (C=O) groups excluding carboxylic acids is 1. The smallest absolute Gasteiger partial charge is 0.270 e. The predicted molar refractivity (Wildman–Crippen MR) is 73.6 cm³/mol. The molecule has 0 saturated carbocycles. The summed E-state index contributed by atoms with van der Waals surface area (Å²) in [6.45, 7) is 2.87. The molecule has 0 aliphatic rings. The van der Waals surface area contributed by atoms with Gasteiger partial charge in [-0.1, -0.05) is 44.0 Å². The Labute approximate surface area is 107 Å². The Bertz CT molecular complexity index is 532. The third-order valence-electron chi connectivity index (χ3n) is 2.95. The van der Waals surface area contributed by atoms with Crippen molar-refractivity contribution in [3.8, 4) is 0 Å². The van der Waals surface area contributed by atoms with Crippen LogP contribution in [0.1, 0.15) is 36.7 Å². The van der Waals surface area contributed by atoms with Crippen LogP contribution < -0.4 is 5.32 Å². The summed E-state index contributed by atoms with van der Waals surface area (Å²) in [6, 6.07) is 9.74. The first kappa shape index (κ1) is 12.6. The molecule has 0 fully saturated rings. The number of benzene rings is 1. The highest BCUT2D eigenvalue weighted by atomic mass is 16.1. The minimum absolute atomic E-state index is 0.0806. The van der Waals surface area contributed by atoms with Crippen LogP contribution >= 0.6 is 0 Å². The van der Waals surface area contributed by atoms with Gasteiger partial charge in [0.15, 0.2) is 0 Å². The van der Waals surface area contributed by atoms with Gasteiger partial charge in [-0.3, -0.25) is 9.78 Å². The molecule has 0 aliphatic heterocycles. The maximum atomic E-state index is 12.0. The van der Waals surface area contributed by atoms with Gasteiger partial charge in [0.1, 0.15) is 5.69 Å². The number of nitrogens with zero attached hydrogens (tertiary/aromatic N) is 1. The van der Waals surface area contributed by atoms with Crippen LogP contribution in [0.5, 0.6) is 0 Å². The largest absolute Gasteiger partial charge is 0.351 e. The van der Waals surface area contributed by atoms with Gasteiger partial charge >= 0.3 is 0 Å². The van der Waals surface area contributed by atoms with Crippen molar-refractivity contribution in [3.63, 3.8) is 0 Å². The number of unbranched alkanes of at least 4 members (excludes halogenated alkanes) is 2. The van der Waals surface area contributed by atoms with Gasteiger partial charge in [0, 0.05) is 18.1 Å². The lowest BCUT2D eigenvalue weighted by molar-refractivity contribution is 0.0950. The fraction of sp³-hybridized carbons (Fsp3) is 0.333. The van der Waals surface area contributed by atoms with Crippen molar-refractivity contribution in [2.45, 2.75) is 26.2 Å². The van der Waals surface area contributed by atoms with E-state index < -0.39 is 0 Å². The molecular formula is C15H18N2O. The molecule has 0 unspecified atom stereocenters. The molecule has 3 nitrogen and oxygen atoms in total. The van der Waals surface area contributed by atoms with E-state index in [-0.39, 0.29) is 5.91 Å². The van der Waals surface area contributed by atoms with Gasteiger partial charge in [-0.25, -0.2) is 0 Å². The number of hydrogen-bond donors (Lipinski definition) is 1. The molecule has 18 heavy (non-hydrogen) atoms. The minimum atomic E-state index is -0.0806. The number of pyridine rings is 1. The lowest BCUT2D eigenvalue weighted by atomic mass is 10.1. The summed E-state index contributed by atoms with van der Waals surface area (Å²) in [5, 5.41) is 4.88. The summed E-state index contributed by atoms with van der Waals surface area (Å²) in [5.41, 5.74) is 0.518. The Hall–Kier alpha value is -1.90. The van der Waals surface area contributed by atoms with Crippen molar-refractivity contribution in [3.05, 3.63) is 42.2 Å². The predicted octanol–water partition coefficient (Wildman–Crippen LogP) is 3.15. The number of carbonyl (C=O) groups is 1. The maximum Gasteiger partial charge on any atom is 0.270 e. The Balaban J connectivity index is 2.13. The van der Waals surface area contributed by atoms with E-state index in [2.05, 4.69) is 17.2 Å². The molecule has 1 N–H and O–H groups in total. The van der Waals surface area contributed by atoms with E-state index in [1.54, 1.807) is 6.20 Å². The molecular weight excluding hydrogens is 224 g/mol. The van der Waals surface area contributed by atoms with Crippen LogP contribution in [0, 0.1) is 0 Å². The summed E-state index contributed by atoms with van der Waals surface area (Å²) in [4.78, 5) is 16.2. The molecule has 0 radical (unpaired) electrons. The molecule has 1 amide bonds. The number of amides is 1. The van der Waals surface area contributed by atoms with E-state index in [1.165, 1.54) is 0 Å². The van der Waals surface area contributed by atoms with Crippen LogP contribution in [0.2, 0.25) is 0 Å². The van der Waals surface area contributed by atoms with E-state index in [1.807, 2.05) is 30.3 Å². The Kier molecular flexibility index (Phi) is 4.29. The van der Waals surface area contributed by atoms with Crippen molar-refractivity contribution in [2.75, 3.05) is 6.54 Å². The van der Waals surface area contributed by atoms with Crippen molar-refractivity contribution in [2.24, 2.45) is 0 Å². The quantitative estimate of drug-likeness (QED) is 0.818. The van der Waals surface area contributed by atoms with Gasteiger partial charge in [0.25, 0.3) is 5.91 Å². The van der Waals surface area contributed by atoms with Crippen LogP contribution in [0.15, 0.2) is 36.5 Å². The van der Waals surface area contributed by atoms with E-state index in [0.29, 0.717) is 5.69 Å². The van der Waals surface area contributed by atoms with Crippen molar-refractivity contribution < 1.29 is 4.79 Å². The standard InChI is InChI=1S/C15H18N2O/c1-2-3-6-10-17-15(18)14-13-8-5-4-7-12(13)9-11-16-14/h4-5,7-9,11H,2-3,6,10H2,1H3,(H,17,18). The molecule has 1 aromatic carbocycles. The third kappa shape index (κ3) is 2.86. The van der Waals surface area contributed by atoms with Crippen LogP contribution in [0.4, 0.5) is 0 Å². The van der Waals surface area contributed by atoms with Gasteiger partial charge in [0.2, 0.25) is 0 Å². The fourth-order valence-corrected chi connectivity index (χ4v) is 1.96. The minimum Gasteiger partial charge on any atom is -0.351 e. The van der Waals surface area contributed by atoms with Crippen LogP contribution in [-0.4, -0.2) is 17.4 Å². The second-order valence-electron chi connectivity index (χ2n) is 4.34. The highest BCUT2D eigenvalue weighted by molar-refractivity contribution is 6.05.